The third-order valence-corrected chi connectivity index (χ3v) is 5.48. The molecule has 2 atom stereocenters. The fraction of sp³-hybridized carbons (Fsp3) is 0.389. The van der Waals surface area contributed by atoms with Crippen LogP contribution in [-0.4, -0.2) is 27.7 Å². The van der Waals surface area contributed by atoms with E-state index in [9.17, 15) is 9.90 Å². The van der Waals surface area contributed by atoms with E-state index in [0.717, 1.165) is 48.3 Å². The standard InChI is InChI=1S/C18H19BrN2O2/c19-15-4-5-17(22)14(7-15)11-20-8-12-6-13(10-20)16-2-1-3-18(23)21(16)9-12/h1-5,7,12-13,22H,6,8-11H2/t12-,13-/m0/s1. The van der Waals surface area contributed by atoms with Crippen LogP contribution in [0.1, 0.15) is 23.6 Å². The van der Waals surface area contributed by atoms with Crippen molar-refractivity contribution in [1.29, 1.82) is 0 Å². The van der Waals surface area contributed by atoms with Gasteiger partial charge in [-0.3, -0.25) is 9.69 Å². The number of halogens is 1. The molecule has 0 saturated carbocycles. The van der Waals surface area contributed by atoms with Gasteiger partial charge in [0.25, 0.3) is 5.56 Å². The maximum Gasteiger partial charge on any atom is 0.250 e. The summed E-state index contributed by atoms with van der Waals surface area (Å²) in [5, 5.41) is 10.1. The molecular weight excluding hydrogens is 356 g/mol. The van der Waals surface area contributed by atoms with E-state index in [1.807, 2.05) is 22.8 Å². The van der Waals surface area contributed by atoms with Crippen LogP contribution < -0.4 is 5.56 Å². The number of benzene rings is 1. The highest BCUT2D eigenvalue weighted by molar-refractivity contribution is 9.10. The molecule has 0 spiro atoms. The molecule has 5 heteroatoms. The molecule has 3 heterocycles. The second-order valence-corrected chi connectivity index (χ2v) is 7.58. The van der Waals surface area contributed by atoms with Crippen LogP contribution in [0.4, 0.5) is 0 Å². The lowest BCUT2D eigenvalue weighted by molar-refractivity contribution is 0.113. The van der Waals surface area contributed by atoms with Crippen molar-refractivity contribution in [2.24, 2.45) is 5.92 Å². The van der Waals surface area contributed by atoms with Crippen molar-refractivity contribution in [3.05, 3.63) is 62.5 Å². The van der Waals surface area contributed by atoms with Crippen LogP contribution in [0.5, 0.6) is 5.75 Å². The Morgan fingerprint density at radius 1 is 1.17 bits per heavy atom. The molecule has 1 N–H and O–H groups in total. The topological polar surface area (TPSA) is 45.5 Å². The average Bonchev–Trinajstić information content (AvgIpc) is 2.52. The number of nitrogens with zero attached hydrogens (tertiary/aromatic N) is 2. The predicted octanol–water partition coefficient (Wildman–Crippen LogP) is 2.94. The van der Waals surface area contributed by atoms with Crippen molar-refractivity contribution >= 4 is 15.9 Å². The van der Waals surface area contributed by atoms with E-state index >= 15 is 0 Å². The number of aromatic nitrogens is 1. The number of phenolic OH excluding ortho intramolecular Hbond substituents is 1. The van der Waals surface area contributed by atoms with E-state index in [-0.39, 0.29) is 5.56 Å². The van der Waals surface area contributed by atoms with Crippen LogP contribution in [-0.2, 0) is 13.1 Å². The number of fused-ring (bicyclic) bond motifs is 4. The summed E-state index contributed by atoms with van der Waals surface area (Å²) in [6, 6.07) is 11.2. The lowest BCUT2D eigenvalue weighted by Gasteiger charge is -2.42. The zero-order valence-electron chi connectivity index (χ0n) is 12.8. The molecule has 1 saturated heterocycles. The van der Waals surface area contributed by atoms with Gasteiger partial charge < -0.3 is 9.67 Å². The fourth-order valence-electron chi connectivity index (χ4n) is 4.05. The Bertz CT molecular complexity index is 802. The summed E-state index contributed by atoms with van der Waals surface area (Å²) in [5.74, 6) is 1.27. The Morgan fingerprint density at radius 2 is 2.04 bits per heavy atom. The van der Waals surface area contributed by atoms with Gasteiger partial charge in [0, 0.05) is 53.9 Å². The van der Waals surface area contributed by atoms with Crippen molar-refractivity contribution in [3.63, 3.8) is 0 Å². The number of hydrogen-bond donors (Lipinski definition) is 1. The highest BCUT2D eigenvalue weighted by Crippen LogP contribution is 2.36. The van der Waals surface area contributed by atoms with Crippen molar-refractivity contribution in [3.8, 4) is 5.75 Å². The summed E-state index contributed by atoms with van der Waals surface area (Å²) in [7, 11) is 0. The van der Waals surface area contributed by atoms with E-state index in [0.29, 0.717) is 17.6 Å². The van der Waals surface area contributed by atoms with Gasteiger partial charge in [-0.15, -0.1) is 0 Å². The predicted molar refractivity (Wildman–Crippen MR) is 92.6 cm³/mol. The third kappa shape index (κ3) is 2.83. The molecule has 0 radical (unpaired) electrons. The van der Waals surface area contributed by atoms with Gasteiger partial charge in [0.2, 0.25) is 0 Å². The fourth-order valence-corrected chi connectivity index (χ4v) is 4.45. The van der Waals surface area contributed by atoms with Gasteiger partial charge in [-0.05, 0) is 36.6 Å². The molecular formula is C18H19BrN2O2. The van der Waals surface area contributed by atoms with Crippen LogP contribution in [0.2, 0.25) is 0 Å². The Hall–Kier alpha value is -1.59. The molecule has 1 aromatic carbocycles. The molecule has 0 unspecified atom stereocenters. The van der Waals surface area contributed by atoms with E-state index < -0.39 is 0 Å². The molecule has 2 bridgehead atoms. The number of pyridine rings is 1. The van der Waals surface area contributed by atoms with Crippen LogP contribution in [0.15, 0.2) is 45.7 Å². The lowest BCUT2D eigenvalue weighted by Crippen LogP contribution is -2.46. The minimum atomic E-state index is 0.121. The molecule has 23 heavy (non-hydrogen) atoms. The molecule has 0 amide bonds. The summed E-state index contributed by atoms with van der Waals surface area (Å²) in [6.07, 6.45) is 1.16. The van der Waals surface area contributed by atoms with Crippen molar-refractivity contribution < 1.29 is 5.11 Å². The summed E-state index contributed by atoms with van der Waals surface area (Å²) in [4.78, 5) is 14.5. The number of phenols is 1. The number of rotatable bonds is 2. The maximum atomic E-state index is 12.1. The smallest absolute Gasteiger partial charge is 0.250 e. The first kappa shape index (κ1) is 15.0. The second kappa shape index (κ2) is 5.80. The van der Waals surface area contributed by atoms with Gasteiger partial charge >= 0.3 is 0 Å². The summed E-state index contributed by atoms with van der Waals surface area (Å²) in [5.41, 5.74) is 2.23. The largest absolute Gasteiger partial charge is 0.508 e. The van der Waals surface area contributed by atoms with E-state index in [4.69, 9.17) is 0 Å². The van der Waals surface area contributed by atoms with Crippen molar-refractivity contribution in [2.75, 3.05) is 13.1 Å². The van der Waals surface area contributed by atoms with Crippen LogP contribution >= 0.6 is 15.9 Å². The van der Waals surface area contributed by atoms with E-state index in [1.54, 1.807) is 12.1 Å². The third-order valence-electron chi connectivity index (χ3n) is 4.99. The minimum Gasteiger partial charge on any atom is -0.508 e. The monoisotopic (exact) mass is 374 g/mol. The quantitative estimate of drug-likeness (QED) is 0.878. The van der Waals surface area contributed by atoms with Gasteiger partial charge in [0.1, 0.15) is 5.75 Å². The Labute approximate surface area is 143 Å². The second-order valence-electron chi connectivity index (χ2n) is 6.67. The lowest BCUT2D eigenvalue weighted by atomic mass is 9.83. The molecule has 2 aromatic rings. The highest BCUT2D eigenvalue weighted by atomic mass is 79.9. The normalized spacial score (nSPS) is 23.5. The number of piperidine rings is 1. The van der Waals surface area contributed by atoms with Crippen molar-refractivity contribution in [1.82, 2.24) is 9.47 Å². The molecule has 0 aliphatic carbocycles. The highest BCUT2D eigenvalue weighted by Gasteiger charge is 2.34. The first-order valence-electron chi connectivity index (χ1n) is 7.99. The van der Waals surface area contributed by atoms with Gasteiger partial charge in [-0.2, -0.15) is 0 Å². The molecule has 1 fully saturated rings. The van der Waals surface area contributed by atoms with E-state index in [2.05, 4.69) is 26.9 Å². The average molecular weight is 375 g/mol. The minimum absolute atomic E-state index is 0.121. The summed E-state index contributed by atoms with van der Waals surface area (Å²) >= 11 is 3.47. The number of hydrogen-bond acceptors (Lipinski definition) is 3. The molecule has 2 aliphatic rings. The van der Waals surface area contributed by atoms with Crippen molar-refractivity contribution in [2.45, 2.75) is 25.4 Å². The molecule has 120 valence electrons. The first-order valence-corrected chi connectivity index (χ1v) is 8.79. The van der Waals surface area contributed by atoms with Gasteiger partial charge in [-0.25, -0.2) is 0 Å². The van der Waals surface area contributed by atoms with Crippen LogP contribution in [0.3, 0.4) is 0 Å². The Morgan fingerprint density at radius 3 is 2.91 bits per heavy atom. The van der Waals surface area contributed by atoms with Gasteiger partial charge in [0.15, 0.2) is 0 Å². The molecule has 1 aromatic heterocycles. The van der Waals surface area contributed by atoms with E-state index in [1.165, 1.54) is 0 Å². The summed E-state index contributed by atoms with van der Waals surface area (Å²) in [6.45, 7) is 3.47. The maximum absolute atomic E-state index is 12.1. The Kier molecular flexibility index (Phi) is 3.77. The van der Waals surface area contributed by atoms with Crippen LogP contribution in [0.25, 0.3) is 0 Å². The number of likely N-dealkylation sites (tertiary alicyclic amines) is 1. The zero-order chi connectivity index (χ0) is 16.0. The summed E-state index contributed by atoms with van der Waals surface area (Å²) < 4.78 is 2.94. The van der Waals surface area contributed by atoms with Gasteiger partial charge in [-0.1, -0.05) is 22.0 Å². The molecule has 2 aliphatic heterocycles. The zero-order valence-corrected chi connectivity index (χ0v) is 14.4. The van der Waals surface area contributed by atoms with Gasteiger partial charge in [0.05, 0.1) is 0 Å². The number of aromatic hydroxyl groups is 1. The first-order chi connectivity index (χ1) is 11.1. The van der Waals surface area contributed by atoms with Crippen LogP contribution in [0, 0.1) is 5.92 Å². The Balaban J connectivity index is 1.59. The molecule has 4 nitrogen and oxygen atoms in total. The SMILES string of the molecule is O=c1cccc2n1C[C@H]1C[C@H]2CN(Cc2cc(Br)ccc2O)C1. The molecule has 4 rings (SSSR count).